The highest BCUT2D eigenvalue weighted by Crippen LogP contribution is 2.22. The first-order chi connectivity index (χ1) is 11.0. The van der Waals surface area contributed by atoms with Gasteiger partial charge in [0.2, 0.25) is 0 Å². The fourth-order valence-electron chi connectivity index (χ4n) is 1.86. The molecule has 2 aromatic rings. The van der Waals surface area contributed by atoms with Gasteiger partial charge in [0.25, 0.3) is 5.91 Å². The third-order valence-corrected chi connectivity index (χ3v) is 3.41. The van der Waals surface area contributed by atoms with Crippen LogP contribution in [0.5, 0.6) is 5.75 Å². The summed E-state index contributed by atoms with van der Waals surface area (Å²) in [5.41, 5.74) is 0.988. The summed E-state index contributed by atoms with van der Waals surface area (Å²) in [4.78, 5) is 23.5. The molecule has 0 fully saturated rings. The van der Waals surface area contributed by atoms with Gasteiger partial charge in [-0.2, -0.15) is 0 Å². The molecule has 0 aliphatic heterocycles. The van der Waals surface area contributed by atoms with Crippen LogP contribution in [0.4, 0.5) is 5.69 Å². The number of methoxy groups -OCH3 is 1. The highest BCUT2D eigenvalue weighted by molar-refractivity contribution is 6.33. The zero-order valence-electron chi connectivity index (χ0n) is 12.7. The number of hydrogen-bond donors (Lipinski definition) is 1. The van der Waals surface area contributed by atoms with E-state index in [0.717, 1.165) is 0 Å². The molecule has 120 valence electrons. The lowest BCUT2D eigenvalue weighted by Crippen LogP contribution is -2.24. The Morgan fingerprint density at radius 2 is 1.74 bits per heavy atom. The second-order valence-electron chi connectivity index (χ2n) is 4.74. The van der Waals surface area contributed by atoms with Crippen molar-refractivity contribution < 1.29 is 19.1 Å². The van der Waals surface area contributed by atoms with Gasteiger partial charge in [0.05, 0.1) is 17.8 Å². The predicted molar refractivity (Wildman–Crippen MR) is 88.0 cm³/mol. The van der Waals surface area contributed by atoms with Crippen LogP contribution >= 0.6 is 11.6 Å². The number of anilines is 1. The number of nitrogens with one attached hydrogen (secondary N) is 1. The van der Waals surface area contributed by atoms with Crippen LogP contribution in [0.25, 0.3) is 0 Å². The first kappa shape index (κ1) is 16.8. The van der Waals surface area contributed by atoms with E-state index in [1.807, 2.05) is 0 Å². The lowest BCUT2D eigenvalue weighted by atomic mass is 10.2. The molecule has 1 amide bonds. The largest absolute Gasteiger partial charge is 0.479 e. The Hall–Kier alpha value is -2.53. The molecule has 1 N–H and O–H groups in total. The number of esters is 1. The van der Waals surface area contributed by atoms with E-state index >= 15 is 0 Å². The molecule has 2 aromatic carbocycles. The van der Waals surface area contributed by atoms with Gasteiger partial charge < -0.3 is 14.8 Å². The van der Waals surface area contributed by atoms with E-state index in [4.69, 9.17) is 16.3 Å². The van der Waals surface area contributed by atoms with Crippen molar-refractivity contribution in [1.82, 2.24) is 0 Å². The van der Waals surface area contributed by atoms with Crippen LogP contribution in [-0.2, 0) is 9.53 Å². The monoisotopic (exact) mass is 333 g/mol. The first-order valence-corrected chi connectivity index (χ1v) is 7.29. The minimum atomic E-state index is -0.720. The van der Waals surface area contributed by atoms with Gasteiger partial charge in [-0.05, 0) is 43.3 Å². The number of para-hydroxylation sites is 1. The average Bonchev–Trinajstić information content (AvgIpc) is 2.56. The van der Waals surface area contributed by atoms with Gasteiger partial charge in [-0.3, -0.25) is 4.79 Å². The molecule has 1 atom stereocenters. The topological polar surface area (TPSA) is 64.6 Å². The third kappa shape index (κ3) is 4.47. The van der Waals surface area contributed by atoms with E-state index in [9.17, 15) is 9.59 Å². The molecule has 0 aliphatic rings. The Bertz CT molecular complexity index is 700. The molecule has 0 heterocycles. The molecule has 6 heteroatoms. The molecule has 0 unspecified atom stereocenters. The molecule has 0 aromatic heterocycles. The van der Waals surface area contributed by atoms with Gasteiger partial charge in [-0.15, -0.1) is 0 Å². The molecular formula is C17H16ClNO4. The number of amides is 1. The van der Waals surface area contributed by atoms with Crippen LogP contribution in [0.1, 0.15) is 17.3 Å². The van der Waals surface area contributed by atoms with Crippen molar-refractivity contribution in [2.24, 2.45) is 0 Å². The Morgan fingerprint density at radius 1 is 1.09 bits per heavy atom. The van der Waals surface area contributed by atoms with Crippen molar-refractivity contribution in [1.29, 1.82) is 0 Å². The maximum absolute atomic E-state index is 12.2. The summed E-state index contributed by atoms with van der Waals surface area (Å²) in [6.07, 6.45) is -0.720. The second kappa shape index (κ2) is 7.65. The fraction of sp³-hybridized carbons (Fsp3) is 0.176. The van der Waals surface area contributed by atoms with Gasteiger partial charge in [-0.25, -0.2) is 4.79 Å². The number of rotatable bonds is 5. The van der Waals surface area contributed by atoms with Crippen LogP contribution in [-0.4, -0.2) is 25.1 Å². The fourth-order valence-corrected chi connectivity index (χ4v) is 2.04. The van der Waals surface area contributed by atoms with Crippen molar-refractivity contribution in [3.8, 4) is 5.75 Å². The van der Waals surface area contributed by atoms with E-state index in [1.54, 1.807) is 55.5 Å². The maximum atomic E-state index is 12.2. The molecule has 0 saturated carbocycles. The minimum absolute atomic E-state index is 0.286. The molecule has 0 radical (unpaired) electrons. The molecule has 5 nitrogen and oxygen atoms in total. The molecule has 0 bridgehead atoms. The zero-order valence-corrected chi connectivity index (χ0v) is 13.5. The maximum Gasteiger partial charge on any atom is 0.346 e. The van der Waals surface area contributed by atoms with E-state index in [0.29, 0.717) is 22.0 Å². The van der Waals surface area contributed by atoms with Crippen LogP contribution in [0.2, 0.25) is 5.02 Å². The summed E-state index contributed by atoms with van der Waals surface area (Å²) in [6.45, 7) is 1.59. The standard InChI is InChI=1S/C17H16ClNO4/c1-11(17(21)22-2)23-13-9-7-12(8-10-13)16(20)19-15-6-4-3-5-14(15)18/h3-11H,1-2H3,(H,19,20)/t11-/m1/s1. The van der Waals surface area contributed by atoms with Crippen molar-refractivity contribution in [3.05, 3.63) is 59.1 Å². The van der Waals surface area contributed by atoms with E-state index < -0.39 is 12.1 Å². The summed E-state index contributed by atoms with van der Waals surface area (Å²) < 4.78 is 9.99. The Morgan fingerprint density at radius 3 is 2.35 bits per heavy atom. The summed E-state index contributed by atoms with van der Waals surface area (Å²) in [5, 5.41) is 3.19. The molecular weight excluding hydrogens is 318 g/mol. The number of benzene rings is 2. The van der Waals surface area contributed by atoms with Crippen LogP contribution in [0.15, 0.2) is 48.5 Å². The Balaban J connectivity index is 2.03. The lowest BCUT2D eigenvalue weighted by Gasteiger charge is -2.12. The zero-order chi connectivity index (χ0) is 16.8. The minimum Gasteiger partial charge on any atom is -0.479 e. The van der Waals surface area contributed by atoms with Crippen molar-refractivity contribution in [2.75, 3.05) is 12.4 Å². The van der Waals surface area contributed by atoms with Gasteiger partial charge in [0.1, 0.15) is 5.75 Å². The summed E-state index contributed by atoms with van der Waals surface area (Å²) in [6, 6.07) is 13.4. The second-order valence-corrected chi connectivity index (χ2v) is 5.15. The Kier molecular flexibility index (Phi) is 5.60. The van der Waals surface area contributed by atoms with Crippen molar-refractivity contribution in [2.45, 2.75) is 13.0 Å². The summed E-state index contributed by atoms with van der Waals surface area (Å²) in [5.74, 6) is -0.284. The normalized spacial score (nSPS) is 11.4. The molecule has 2 rings (SSSR count). The highest BCUT2D eigenvalue weighted by Gasteiger charge is 2.15. The predicted octanol–water partition coefficient (Wildman–Crippen LogP) is 3.53. The van der Waals surface area contributed by atoms with Gasteiger partial charge in [0.15, 0.2) is 6.10 Å². The number of ether oxygens (including phenoxy) is 2. The quantitative estimate of drug-likeness (QED) is 0.850. The number of carbonyl (C=O) groups excluding carboxylic acids is 2. The van der Waals surface area contributed by atoms with Crippen LogP contribution in [0, 0.1) is 0 Å². The smallest absolute Gasteiger partial charge is 0.346 e. The van der Waals surface area contributed by atoms with Gasteiger partial charge >= 0.3 is 5.97 Å². The van der Waals surface area contributed by atoms with Crippen molar-refractivity contribution in [3.63, 3.8) is 0 Å². The lowest BCUT2D eigenvalue weighted by molar-refractivity contribution is -0.147. The summed E-state index contributed by atoms with van der Waals surface area (Å²) in [7, 11) is 1.30. The summed E-state index contributed by atoms with van der Waals surface area (Å²) >= 11 is 6.00. The number of halogens is 1. The van der Waals surface area contributed by atoms with Crippen LogP contribution < -0.4 is 10.1 Å². The molecule has 0 aliphatic carbocycles. The van der Waals surface area contributed by atoms with E-state index in [1.165, 1.54) is 7.11 Å². The SMILES string of the molecule is COC(=O)[C@@H](C)Oc1ccc(C(=O)Nc2ccccc2Cl)cc1. The van der Waals surface area contributed by atoms with Gasteiger partial charge in [-0.1, -0.05) is 23.7 Å². The average molecular weight is 334 g/mol. The van der Waals surface area contributed by atoms with Gasteiger partial charge in [0, 0.05) is 5.56 Å². The highest BCUT2D eigenvalue weighted by atomic mass is 35.5. The third-order valence-electron chi connectivity index (χ3n) is 3.08. The first-order valence-electron chi connectivity index (χ1n) is 6.91. The number of carbonyl (C=O) groups is 2. The molecule has 0 spiro atoms. The van der Waals surface area contributed by atoms with E-state index in [2.05, 4.69) is 10.1 Å². The Labute approximate surface area is 139 Å². The van der Waals surface area contributed by atoms with E-state index in [-0.39, 0.29) is 5.91 Å². The number of hydrogen-bond acceptors (Lipinski definition) is 4. The van der Waals surface area contributed by atoms with Crippen molar-refractivity contribution >= 4 is 29.2 Å². The van der Waals surface area contributed by atoms with Crippen LogP contribution in [0.3, 0.4) is 0 Å². The molecule has 0 saturated heterocycles. The molecule has 23 heavy (non-hydrogen) atoms.